The average molecular weight is 290 g/mol. The van der Waals surface area contributed by atoms with Crippen molar-refractivity contribution >= 4 is 5.69 Å². The van der Waals surface area contributed by atoms with E-state index in [1.165, 1.54) is 12.1 Å². The number of furan rings is 1. The third kappa shape index (κ3) is 4.60. The Hall–Kier alpha value is -1.81. The van der Waals surface area contributed by atoms with E-state index in [4.69, 9.17) is 4.42 Å². The number of nitrogens with one attached hydrogen (secondary N) is 1. The third-order valence-electron chi connectivity index (χ3n) is 3.30. The zero-order valence-corrected chi connectivity index (χ0v) is 13.1. The summed E-state index contributed by atoms with van der Waals surface area (Å²) in [6.07, 6.45) is 1.72. The minimum absolute atomic E-state index is 0.0669. The van der Waals surface area contributed by atoms with Gasteiger partial charge in [-0.2, -0.15) is 0 Å². The van der Waals surface area contributed by atoms with Gasteiger partial charge in [-0.1, -0.05) is 0 Å². The quantitative estimate of drug-likeness (QED) is 0.904. The standard InChI is InChI=1S/C17H23FN2O/c1-17(2,3)19-11-13-9-10-21-16(13)12-20(4)15-7-5-14(18)6-8-15/h5-10,19H,11-12H2,1-4H3. The molecule has 0 atom stereocenters. The Bertz CT molecular complexity index is 569. The Morgan fingerprint density at radius 3 is 2.43 bits per heavy atom. The SMILES string of the molecule is CN(Cc1occc1CNC(C)(C)C)c1ccc(F)cc1. The minimum atomic E-state index is -0.222. The monoisotopic (exact) mass is 290 g/mol. The minimum Gasteiger partial charge on any atom is -0.467 e. The molecule has 0 fully saturated rings. The molecule has 1 aromatic heterocycles. The van der Waals surface area contributed by atoms with E-state index in [2.05, 4.69) is 26.1 Å². The predicted molar refractivity (Wildman–Crippen MR) is 83.8 cm³/mol. The van der Waals surface area contributed by atoms with Crippen LogP contribution in [0, 0.1) is 5.82 Å². The maximum absolute atomic E-state index is 13.0. The lowest BCUT2D eigenvalue weighted by Crippen LogP contribution is -2.35. The molecule has 1 heterocycles. The molecule has 0 amide bonds. The van der Waals surface area contributed by atoms with Crippen LogP contribution in [0.25, 0.3) is 0 Å². The topological polar surface area (TPSA) is 28.4 Å². The van der Waals surface area contributed by atoms with Crippen molar-refractivity contribution in [3.63, 3.8) is 0 Å². The van der Waals surface area contributed by atoms with Gasteiger partial charge in [0.1, 0.15) is 11.6 Å². The van der Waals surface area contributed by atoms with Gasteiger partial charge >= 0.3 is 0 Å². The fourth-order valence-corrected chi connectivity index (χ4v) is 2.03. The van der Waals surface area contributed by atoms with Crippen LogP contribution in [0.3, 0.4) is 0 Å². The summed E-state index contributed by atoms with van der Waals surface area (Å²) >= 11 is 0. The zero-order chi connectivity index (χ0) is 15.5. The van der Waals surface area contributed by atoms with Crippen LogP contribution in [-0.4, -0.2) is 12.6 Å². The molecule has 0 aliphatic rings. The first-order valence-electron chi connectivity index (χ1n) is 7.12. The van der Waals surface area contributed by atoms with Crippen LogP contribution in [-0.2, 0) is 13.1 Å². The van der Waals surface area contributed by atoms with Gasteiger partial charge in [-0.15, -0.1) is 0 Å². The van der Waals surface area contributed by atoms with E-state index < -0.39 is 0 Å². The fourth-order valence-electron chi connectivity index (χ4n) is 2.03. The van der Waals surface area contributed by atoms with Gasteiger partial charge in [-0.3, -0.25) is 0 Å². The number of rotatable bonds is 5. The fraction of sp³-hybridized carbons (Fsp3) is 0.412. The average Bonchev–Trinajstić information content (AvgIpc) is 2.83. The Morgan fingerprint density at radius 2 is 1.81 bits per heavy atom. The molecule has 0 saturated carbocycles. The molecule has 1 aromatic carbocycles. The van der Waals surface area contributed by atoms with Crippen LogP contribution in [0.15, 0.2) is 41.0 Å². The van der Waals surface area contributed by atoms with Crippen LogP contribution in [0.4, 0.5) is 10.1 Å². The molecule has 0 aliphatic heterocycles. The highest BCUT2D eigenvalue weighted by atomic mass is 19.1. The number of hydrogen-bond acceptors (Lipinski definition) is 3. The molecule has 0 radical (unpaired) electrons. The van der Waals surface area contributed by atoms with E-state index >= 15 is 0 Å². The van der Waals surface area contributed by atoms with E-state index in [1.807, 2.05) is 18.0 Å². The molecule has 2 rings (SSSR count). The van der Waals surface area contributed by atoms with Crippen LogP contribution in [0.5, 0.6) is 0 Å². The normalized spacial score (nSPS) is 11.7. The number of nitrogens with zero attached hydrogens (tertiary/aromatic N) is 1. The molecule has 21 heavy (non-hydrogen) atoms. The highest BCUT2D eigenvalue weighted by Gasteiger charge is 2.13. The predicted octanol–water partition coefficient (Wildman–Crippen LogP) is 3.94. The van der Waals surface area contributed by atoms with Crippen molar-refractivity contribution in [1.82, 2.24) is 5.32 Å². The summed E-state index contributed by atoms with van der Waals surface area (Å²) in [7, 11) is 1.97. The summed E-state index contributed by atoms with van der Waals surface area (Å²) < 4.78 is 18.5. The van der Waals surface area contributed by atoms with Crippen LogP contribution in [0.1, 0.15) is 32.1 Å². The van der Waals surface area contributed by atoms with E-state index in [9.17, 15) is 4.39 Å². The Morgan fingerprint density at radius 1 is 1.14 bits per heavy atom. The van der Waals surface area contributed by atoms with Gasteiger partial charge in [-0.25, -0.2) is 4.39 Å². The second kappa shape index (κ2) is 6.31. The van der Waals surface area contributed by atoms with Gasteiger partial charge < -0.3 is 14.6 Å². The lowest BCUT2D eigenvalue weighted by molar-refractivity contribution is 0.419. The lowest BCUT2D eigenvalue weighted by atomic mass is 10.1. The summed E-state index contributed by atoms with van der Waals surface area (Å²) in [5.74, 6) is 0.707. The Balaban J connectivity index is 2.03. The molecular formula is C17H23FN2O. The van der Waals surface area contributed by atoms with Crippen LogP contribution < -0.4 is 10.2 Å². The molecule has 2 aromatic rings. The summed E-state index contributed by atoms with van der Waals surface area (Å²) in [5, 5.41) is 3.46. The highest BCUT2D eigenvalue weighted by molar-refractivity contribution is 5.45. The highest BCUT2D eigenvalue weighted by Crippen LogP contribution is 2.19. The number of anilines is 1. The van der Waals surface area contributed by atoms with Crippen molar-refractivity contribution in [2.24, 2.45) is 0 Å². The second-order valence-corrected chi connectivity index (χ2v) is 6.31. The van der Waals surface area contributed by atoms with Crippen molar-refractivity contribution in [2.45, 2.75) is 39.4 Å². The molecule has 0 bridgehead atoms. The van der Waals surface area contributed by atoms with Crippen LogP contribution in [0.2, 0.25) is 0 Å². The number of hydrogen-bond donors (Lipinski definition) is 1. The van der Waals surface area contributed by atoms with Gasteiger partial charge in [0.05, 0.1) is 12.8 Å². The third-order valence-corrected chi connectivity index (χ3v) is 3.30. The van der Waals surface area contributed by atoms with Gasteiger partial charge in [0.2, 0.25) is 0 Å². The summed E-state index contributed by atoms with van der Waals surface area (Å²) in [6, 6.07) is 8.47. The van der Waals surface area contributed by atoms with E-state index in [1.54, 1.807) is 18.4 Å². The van der Waals surface area contributed by atoms with Crippen LogP contribution >= 0.6 is 0 Å². The first-order chi connectivity index (χ1) is 9.85. The maximum atomic E-state index is 13.0. The molecule has 0 unspecified atom stereocenters. The molecule has 0 aliphatic carbocycles. The van der Waals surface area contributed by atoms with Crippen molar-refractivity contribution in [3.8, 4) is 0 Å². The van der Waals surface area contributed by atoms with E-state index in [-0.39, 0.29) is 11.4 Å². The zero-order valence-electron chi connectivity index (χ0n) is 13.1. The van der Waals surface area contributed by atoms with Crippen molar-refractivity contribution in [3.05, 3.63) is 53.7 Å². The maximum Gasteiger partial charge on any atom is 0.127 e. The molecule has 114 valence electrons. The molecule has 3 nitrogen and oxygen atoms in total. The first-order valence-corrected chi connectivity index (χ1v) is 7.12. The second-order valence-electron chi connectivity index (χ2n) is 6.31. The molecule has 0 spiro atoms. The van der Waals surface area contributed by atoms with Gasteiger partial charge in [0.15, 0.2) is 0 Å². The van der Waals surface area contributed by atoms with E-state index in [0.29, 0.717) is 6.54 Å². The summed E-state index contributed by atoms with van der Waals surface area (Å²) in [4.78, 5) is 2.04. The molecule has 4 heteroatoms. The molecule has 1 N–H and O–H groups in total. The first kappa shape index (κ1) is 15.6. The Kier molecular flexibility index (Phi) is 4.68. The number of halogens is 1. The van der Waals surface area contributed by atoms with Gasteiger partial charge in [0, 0.05) is 30.4 Å². The largest absolute Gasteiger partial charge is 0.467 e. The van der Waals surface area contributed by atoms with Crippen molar-refractivity contribution < 1.29 is 8.81 Å². The van der Waals surface area contributed by atoms with E-state index in [0.717, 1.165) is 23.6 Å². The number of benzene rings is 1. The van der Waals surface area contributed by atoms with Gasteiger partial charge in [0.25, 0.3) is 0 Å². The van der Waals surface area contributed by atoms with Crippen molar-refractivity contribution in [2.75, 3.05) is 11.9 Å². The van der Waals surface area contributed by atoms with Crippen molar-refractivity contribution in [1.29, 1.82) is 0 Å². The Labute approximate surface area is 125 Å². The lowest BCUT2D eigenvalue weighted by Gasteiger charge is -2.22. The molecular weight excluding hydrogens is 267 g/mol. The van der Waals surface area contributed by atoms with Gasteiger partial charge in [-0.05, 0) is 51.1 Å². The molecule has 0 saturated heterocycles. The summed E-state index contributed by atoms with van der Waals surface area (Å²) in [6.45, 7) is 7.83. The summed E-state index contributed by atoms with van der Waals surface area (Å²) in [5.41, 5.74) is 2.18. The smallest absolute Gasteiger partial charge is 0.127 e.